The third-order valence-electron chi connectivity index (χ3n) is 5.93. The lowest BCUT2D eigenvalue weighted by molar-refractivity contribution is 0.208. The number of hydrogen-bond donors (Lipinski definition) is 1. The van der Waals surface area contributed by atoms with Crippen molar-refractivity contribution in [3.63, 3.8) is 0 Å². The number of urea groups is 1. The number of carbonyl (C=O) groups excluding carboxylic acids is 1. The molecule has 1 aromatic heterocycles. The zero-order valence-electron chi connectivity index (χ0n) is 18.8. The number of rotatable bonds is 4. The number of methoxy groups -OCH3 is 1. The predicted octanol–water partition coefficient (Wildman–Crippen LogP) is 2.55. The Labute approximate surface area is 193 Å². The first-order valence-electron chi connectivity index (χ1n) is 10.9. The van der Waals surface area contributed by atoms with Gasteiger partial charge < -0.3 is 29.7 Å². The fraction of sp³-hybridized carbons (Fsp3) is 0.500. The highest BCUT2D eigenvalue weighted by Crippen LogP contribution is 2.27. The van der Waals surface area contributed by atoms with Crippen LogP contribution in [0.15, 0.2) is 24.3 Å². The second-order valence-electron chi connectivity index (χ2n) is 8.18. The molecule has 3 heterocycles. The lowest BCUT2D eigenvalue weighted by Gasteiger charge is -2.36. The molecule has 32 heavy (non-hydrogen) atoms. The van der Waals surface area contributed by atoms with Crippen LogP contribution in [-0.4, -0.2) is 92.3 Å². The van der Waals surface area contributed by atoms with Crippen LogP contribution < -0.4 is 19.9 Å². The van der Waals surface area contributed by atoms with Crippen LogP contribution in [0.1, 0.15) is 5.82 Å². The molecule has 2 aromatic rings. The lowest BCUT2D eigenvalue weighted by atomic mass is 10.3. The summed E-state index contributed by atoms with van der Waals surface area (Å²) in [6, 6.07) is 7.15. The van der Waals surface area contributed by atoms with Crippen molar-refractivity contribution < 1.29 is 9.53 Å². The molecule has 2 saturated heterocycles. The molecule has 2 aliphatic heterocycles. The van der Waals surface area contributed by atoms with Gasteiger partial charge in [-0.25, -0.2) is 14.8 Å². The largest absolute Gasteiger partial charge is 0.495 e. The molecule has 9 nitrogen and oxygen atoms in total. The van der Waals surface area contributed by atoms with Crippen molar-refractivity contribution in [1.82, 2.24) is 19.8 Å². The summed E-state index contributed by atoms with van der Waals surface area (Å²) in [6.45, 7) is 8.60. The average Bonchev–Trinajstić information content (AvgIpc) is 2.79. The number of halogens is 1. The van der Waals surface area contributed by atoms with E-state index >= 15 is 0 Å². The highest BCUT2D eigenvalue weighted by molar-refractivity contribution is 6.32. The fourth-order valence-electron chi connectivity index (χ4n) is 3.98. The van der Waals surface area contributed by atoms with Gasteiger partial charge in [-0.15, -0.1) is 0 Å². The Morgan fingerprint density at radius 2 is 1.56 bits per heavy atom. The van der Waals surface area contributed by atoms with E-state index in [2.05, 4.69) is 43.1 Å². The highest BCUT2D eigenvalue weighted by atomic mass is 35.5. The maximum Gasteiger partial charge on any atom is 0.321 e. The molecule has 0 unspecified atom stereocenters. The average molecular weight is 460 g/mol. The summed E-state index contributed by atoms with van der Waals surface area (Å²) in [7, 11) is 3.71. The van der Waals surface area contributed by atoms with E-state index in [0.717, 1.165) is 56.7 Å². The number of aromatic nitrogens is 2. The molecule has 4 rings (SSSR count). The van der Waals surface area contributed by atoms with E-state index < -0.39 is 0 Å². The molecule has 1 aromatic carbocycles. The van der Waals surface area contributed by atoms with Crippen molar-refractivity contribution in [3.8, 4) is 5.75 Å². The molecule has 0 spiro atoms. The first-order chi connectivity index (χ1) is 15.4. The first kappa shape index (κ1) is 22.4. The zero-order valence-corrected chi connectivity index (χ0v) is 19.6. The van der Waals surface area contributed by atoms with E-state index in [1.54, 1.807) is 25.3 Å². The van der Waals surface area contributed by atoms with Crippen LogP contribution >= 0.6 is 11.6 Å². The fourth-order valence-corrected chi connectivity index (χ4v) is 4.24. The summed E-state index contributed by atoms with van der Waals surface area (Å²) in [5, 5.41) is 3.38. The number of amides is 2. The minimum Gasteiger partial charge on any atom is -0.495 e. The van der Waals surface area contributed by atoms with Crippen molar-refractivity contribution in [2.45, 2.75) is 6.92 Å². The Kier molecular flexibility index (Phi) is 6.86. The monoisotopic (exact) mass is 459 g/mol. The minimum atomic E-state index is -0.136. The molecule has 0 aliphatic carbocycles. The third-order valence-corrected chi connectivity index (χ3v) is 6.23. The summed E-state index contributed by atoms with van der Waals surface area (Å²) >= 11 is 6.16. The van der Waals surface area contributed by atoms with Crippen LogP contribution in [0.25, 0.3) is 0 Å². The van der Waals surface area contributed by atoms with Gasteiger partial charge in [0.1, 0.15) is 23.2 Å². The number of benzene rings is 1. The normalized spacial score (nSPS) is 17.4. The summed E-state index contributed by atoms with van der Waals surface area (Å²) in [4.78, 5) is 30.7. The Morgan fingerprint density at radius 1 is 0.969 bits per heavy atom. The number of carbonyl (C=O) groups is 1. The molecule has 0 atom stereocenters. The Hall–Kier alpha value is -2.78. The zero-order chi connectivity index (χ0) is 22.7. The number of ether oxygens (including phenoxy) is 1. The van der Waals surface area contributed by atoms with Gasteiger partial charge in [-0.05, 0) is 32.2 Å². The molecule has 0 radical (unpaired) electrons. The number of likely N-dealkylation sites (N-methyl/N-ethyl adjacent to an activating group) is 1. The van der Waals surface area contributed by atoms with Gasteiger partial charge in [0.25, 0.3) is 0 Å². The third kappa shape index (κ3) is 5.16. The Morgan fingerprint density at radius 3 is 2.12 bits per heavy atom. The van der Waals surface area contributed by atoms with Crippen molar-refractivity contribution in [3.05, 3.63) is 35.1 Å². The molecule has 0 bridgehead atoms. The summed E-state index contributed by atoms with van der Waals surface area (Å²) in [5.41, 5.74) is 0.645. The molecule has 0 saturated carbocycles. The van der Waals surface area contributed by atoms with Gasteiger partial charge in [-0.2, -0.15) is 0 Å². The van der Waals surface area contributed by atoms with Crippen molar-refractivity contribution >= 4 is 35.0 Å². The van der Waals surface area contributed by atoms with Gasteiger partial charge in [0.05, 0.1) is 12.1 Å². The molecule has 2 amide bonds. The van der Waals surface area contributed by atoms with Crippen molar-refractivity contribution in [2.75, 3.05) is 81.6 Å². The number of aryl methyl sites for hydroxylation is 1. The van der Waals surface area contributed by atoms with Gasteiger partial charge in [0.15, 0.2) is 0 Å². The topological polar surface area (TPSA) is 77.1 Å². The van der Waals surface area contributed by atoms with Gasteiger partial charge in [0, 0.05) is 64.1 Å². The van der Waals surface area contributed by atoms with Gasteiger partial charge in [-0.3, -0.25) is 0 Å². The van der Waals surface area contributed by atoms with Crippen LogP contribution in [-0.2, 0) is 0 Å². The lowest BCUT2D eigenvalue weighted by Crippen LogP contribution is -2.50. The number of piperazine rings is 2. The van der Waals surface area contributed by atoms with Crippen LogP contribution in [0.2, 0.25) is 5.02 Å². The van der Waals surface area contributed by atoms with Crippen LogP contribution in [0.3, 0.4) is 0 Å². The van der Waals surface area contributed by atoms with Gasteiger partial charge in [-0.1, -0.05) is 11.6 Å². The number of hydrogen-bond acceptors (Lipinski definition) is 7. The number of anilines is 3. The first-order valence-corrected chi connectivity index (χ1v) is 11.2. The molecule has 2 aliphatic rings. The van der Waals surface area contributed by atoms with E-state index in [-0.39, 0.29) is 6.03 Å². The maximum atomic E-state index is 12.7. The van der Waals surface area contributed by atoms with Crippen LogP contribution in [0.5, 0.6) is 5.75 Å². The minimum absolute atomic E-state index is 0.136. The molecule has 10 heteroatoms. The molecule has 1 N–H and O–H groups in total. The number of nitrogens with one attached hydrogen (secondary N) is 1. The van der Waals surface area contributed by atoms with Crippen LogP contribution in [0, 0.1) is 6.92 Å². The summed E-state index contributed by atoms with van der Waals surface area (Å²) in [5.74, 6) is 3.26. The van der Waals surface area contributed by atoms with Crippen molar-refractivity contribution in [2.24, 2.45) is 0 Å². The summed E-state index contributed by atoms with van der Waals surface area (Å²) < 4.78 is 5.16. The molecule has 2 fully saturated rings. The molecule has 172 valence electrons. The van der Waals surface area contributed by atoms with E-state index in [0.29, 0.717) is 29.5 Å². The van der Waals surface area contributed by atoms with Crippen LogP contribution in [0.4, 0.5) is 22.1 Å². The van der Waals surface area contributed by atoms with E-state index in [1.165, 1.54) is 0 Å². The summed E-state index contributed by atoms with van der Waals surface area (Å²) in [6.07, 6.45) is 0. The van der Waals surface area contributed by atoms with E-state index in [9.17, 15) is 4.79 Å². The molecular weight excluding hydrogens is 430 g/mol. The van der Waals surface area contributed by atoms with E-state index in [1.807, 2.05) is 11.8 Å². The van der Waals surface area contributed by atoms with E-state index in [4.69, 9.17) is 16.3 Å². The standard InChI is InChI=1S/C22H30ClN7O2/c1-16-24-20(28-8-6-27(2)7-9-28)15-21(25-16)29-10-12-30(13-11-29)22(31)26-17-4-5-19(32-3)18(23)14-17/h4-5,14-15H,6-13H2,1-3H3,(H,26,31). The van der Waals surface area contributed by atoms with Crippen molar-refractivity contribution in [1.29, 1.82) is 0 Å². The maximum absolute atomic E-state index is 12.7. The quantitative estimate of drug-likeness (QED) is 0.752. The molecular formula is C22H30ClN7O2. The SMILES string of the molecule is COc1ccc(NC(=O)N2CCN(c3cc(N4CCN(C)CC4)nc(C)n3)CC2)cc1Cl. The van der Waals surface area contributed by atoms with Gasteiger partial charge in [0.2, 0.25) is 0 Å². The Balaban J connectivity index is 1.36. The number of nitrogens with zero attached hydrogens (tertiary/aromatic N) is 6. The predicted molar refractivity (Wildman–Crippen MR) is 127 cm³/mol. The van der Waals surface area contributed by atoms with Gasteiger partial charge >= 0.3 is 6.03 Å². The smallest absolute Gasteiger partial charge is 0.321 e. The second-order valence-corrected chi connectivity index (χ2v) is 8.58. The Bertz CT molecular complexity index is 957. The second kappa shape index (κ2) is 9.79. The highest BCUT2D eigenvalue weighted by Gasteiger charge is 2.24.